The Balaban J connectivity index is 1.30. The van der Waals surface area contributed by atoms with E-state index in [1.807, 2.05) is 19.9 Å². The maximum atomic E-state index is 6.56. The lowest BCUT2D eigenvalue weighted by Crippen LogP contribution is -2.54. The number of hydrogen-bond acceptors (Lipinski definition) is 6. The molecule has 0 aliphatic carbocycles. The standard InChI is InChI=1S/C25H30N2O4/c1-25(2)29-23-21-22(28-24(23)30-25)20-13-19(16-26(21)14-17-9-5-3-6-10-17)31-27(20)15-18-11-7-4-8-12-18/h3-12,19-24H,13-16H2,1-2H3/t19?,20?,21-,22-,23-,24-/m1/s1. The molecular formula is C25H30N2O4. The fourth-order valence-electron chi connectivity index (χ4n) is 5.64. The van der Waals surface area contributed by atoms with Crippen molar-refractivity contribution in [1.29, 1.82) is 0 Å². The van der Waals surface area contributed by atoms with Gasteiger partial charge in [-0.15, -0.1) is 0 Å². The van der Waals surface area contributed by atoms with Gasteiger partial charge < -0.3 is 14.2 Å². The molecule has 6 rings (SSSR count). The summed E-state index contributed by atoms with van der Waals surface area (Å²) >= 11 is 0. The highest BCUT2D eigenvalue weighted by atomic mass is 16.8. The van der Waals surface area contributed by atoms with Crippen LogP contribution in [0.1, 0.15) is 31.4 Å². The summed E-state index contributed by atoms with van der Waals surface area (Å²) in [6.45, 7) is 6.41. The van der Waals surface area contributed by atoms with Crippen molar-refractivity contribution in [2.75, 3.05) is 6.54 Å². The number of hydrogen-bond donors (Lipinski definition) is 0. The molecule has 0 N–H and O–H groups in total. The minimum atomic E-state index is -0.621. The van der Waals surface area contributed by atoms with Crippen LogP contribution in [0.15, 0.2) is 60.7 Å². The molecular weight excluding hydrogens is 392 g/mol. The Kier molecular flexibility index (Phi) is 4.90. The molecule has 0 aromatic heterocycles. The van der Waals surface area contributed by atoms with Crippen LogP contribution in [0.4, 0.5) is 0 Å². The third-order valence-corrected chi connectivity index (χ3v) is 6.86. The van der Waals surface area contributed by atoms with Crippen molar-refractivity contribution in [3.8, 4) is 0 Å². The van der Waals surface area contributed by atoms with E-state index >= 15 is 0 Å². The number of likely N-dealkylation sites (tertiary alicyclic amines) is 1. The molecule has 4 aliphatic heterocycles. The van der Waals surface area contributed by atoms with E-state index in [1.54, 1.807) is 0 Å². The quantitative estimate of drug-likeness (QED) is 0.753. The Morgan fingerprint density at radius 1 is 0.871 bits per heavy atom. The molecule has 0 spiro atoms. The van der Waals surface area contributed by atoms with Crippen LogP contribution < -0.4 is 0 Å². The van der Waals surface area contributed by atoms with Crippen LogP contribution in [0.3, 0.4) is 0 Å². The molecule has 4 saturated heterocycles. The Bertz CT molecular complexity index is 908. The second-order valence-electron chi connectivity index (χ2n) is 9.57. The fraction of sp³-hybridized carbons (Fsp3) is 0.520. The molecule has 0 amide bonds. The SMILES string of the molecule is CC1(C)O[C@H]2O[C@@H]3C4CC(CN(Cc5ccccc5)[C@H]3[C@H]2O1)ON4Cc1ccccc1. The molecule has 6 atom stereocenters. The van der Waals surface area contributed by atoms with Gasteiger partial charge in [-0.1, -0.05) is 60.7 Å². The van der Waals surface area contributed by atoms with Gasteiger partial charge in [-0.2, -0.15) is 5.06 Å². The molecule has 4 aliphatic rings. The highest BCUT2D eigenvalue weighted by molar-refractivity contribution is 5.18. The molecule has 6 nitrogen and oxygen atoms in total. The molecule has 4 fully saturated rings. The molecule has 4 heterocycles. The molecule has 2 bridgehead atoms. The third kappa shape index (κ3) is 3.71. The predicted octanol–water partition coefficient (Wildman–Crippen LogP) is 3.32. The maximum Gasteiger partial charge on any atom is 0.189 e. The van der Waals surface area contributed by atoms with Gasteiger partial charge in [0, 0.05) is 19.6 Å². The van der Waals surface area contributed by atoms with Crippen molar-refractivity contribution >= 4 is 0 Å². The van der Waals surface area contributed by atoms with Gasteiger partial charge in [0.2, 0.25) is 0 Å². The Morgan fingerprint density at radius 2 is 1.55 bits per heavy atom. The van der Waals surface area contributed by atoms with Crippen molar-refractivity contribution in [3.05, 3.63) is 71.8 Å². The molecule has 0 radical (unpaired) electrons. The zero-order chi connectivity index (χ0) is 21.0. The van der Waals surface area contributed by atoms with Crippen LogP contribution in [0.5, 0.6) is 0 Å². The number of rotatable bonds is 4. The highest BCUT2D eigenvalue weighted by Gasteiger charge is 2.61. The summed E-state index contributed by atoms with van der Waals surface area (Å²) in [6.07, 6.45) is 0.661. The monoisotopic (exact) mass is 422 g/mol. The topological polar surface area (TPSA) is 43.4 Å². The maximum absolute atomic E-state index is 6.56. The van der Waals surface area contributed by atoms with Gasteiger partial charge in [-0.05, 0) is 31.4 Å². The average Bonchev–Trinajstić information content (AvgIpc) is 3.34. The lowest BCUT2D eigenvalue weighted by molar-refractivity contribution is -0.243. The van der Waals surface area contributed by atoms with Gasteiger partial charge in [0.05, 0.1) is 24.3 Å². The number of nitrogens with zero attached hydrogens (tertiary/aromatic N) is 2. The predicted molar refractivity (Wildman–Crippen MR) is 115 cm³/mol. The molecule has 164 valence electrons. The molecule has 2 aromatic rings. The minimum Gasteiger partial charge on any atom is -0.343 e. The fourth-order valence-corrected chi connectivity index (χ4v) is 5.64. The molecule has 31 heavy (non-hydrogen) atoms. The summed E-state index contributed by atoms with van der Waals surface area (Å²) in [4.78, 5) is 8.94. The van der Waals surface area contributed by atoms with Crippen molar-refractivity contribution in [2.24, 2.45) is 0 Å². The highest BCUT2D eigenvalue weighted by Crippen LogP contribution is 2.45. The largest absolute Gasteiger partial charge is 0.343 e. The molecule has 2 aromatic carbocycles. The van der Waals surface area contributed by atoms with Crippen molar-refractivity contribution in [2.45, 2.75) is 75.8 Å². The lowest BCUT2D eigenvalue weighted by atomic mass is 9.98. The van der Waals surface area contributed by atoms with Gasteiger partial charge in [0.1, 0.15) is 6.10 Å². The summed E-state index contributed by atoms with van der Waals surface area (Å²) in [7, 11) is 0. The van der Waals surface area contributed by atoms with Crippen LogP contribution in [-0.2, 0) is 32.1 Å². The molecule has 0 saturated carbocycles. The molecule has 6 heteroatoms. The first-order chi connectivity index (χ1) is 15.1. The zero-order valence-electron chi connectivity index (χ0n) is 18.1. The Morgan fingerprint density at radius 3 is 2.26 bits per heavy atom. The van der Waals surface area contributed by atoms with Gasteiger partial charge in [-0.3, -0.25) is 9.74 Å². The van der Waals surface area contributed by atoms with Gasteiger partial charge >= 0.3 is 0 Å². The van der Waals surface area contributed by atoms with E-state index < -0.39 is 5.79 Å². The second kappa shape index (κ2) is 7.66. The van der Waals surface area contributed by atoms with Gasteiger partial charge in [-0.25, -0.2) is 0 Å². The minimum absolute atomic E-state index is 0.0222. The first kappa shape index (κ1) is 19.9. The number of ether oxygens (including phenoxy) is 3. The van der Waals surface area contributed by atoms with Crippen LogP contribution in [0.25, 0.3) is 0 Å². The number of hydroxylamine groups is 2. The van der Waals surface area contributed by atoms with E-state index in [2.05, 4.69) is 64.6 Å². The van der Waals surface area contributed by atoms with E-state index in [0.717, 1.165) is 26.1 Å². The zero-order valence-corrected chi connectivity index (χ0v) is 18.1. The second-order valence-corrected chi connectivity index (χ2v) is 9.57. The Hall–Kier alpha value is -1.80. The number of fused-ring (bicyclic) bond motifs is 6. The van der Waals surface area contributed by atoms with E-state index in [9.17, 15) is 0 Å². The van der Waals surface area contributed by atoms with Crippen LogP contribution in [-0.4, -0.2) is 59.0 Å². The molecule has 2 unspecified atom stereocenters. The smallest absolute Gasteiger partial charge is 0.189 e. The van der Waals surface area contributed by atoms with Crippen molar-refractivity contribution in [3.63, 3.8) is 0 Å². The first-order valence-electron chi connectivity index (χ1n) is 11.3. The lowest BCUT2D eigenvalue weighted by Gasteiger charge is -2.39. The normalized spacial score (nSPS) is 36.8. The summed E-state index contributed by atoms with van der Waals surface area (Å²) in [5.41, 5.74) is 2.54. The van der Waals surface area contributed by atoms with E-state index in [0.29, 0.717) is 0 Å². The van der Waals surface area contributed by atoms with E-state index in [-0.39, 0.29) is 36.7 Å². The van der Waals surface area contributed by atoms with E-state index in [4.69, 9.17) is 19.0 Å². The summed E-state index contributed by atoms with van der Waals surface area (Å²) in [5.74, 6) is -0.621. The van der Waals surface area contributed by atoms with Gasteiger partial charge in [0.25, 0.3) is 0 Å². The average molecular weight is 423 g/mol. The first-order valence-corrected chi connectivity index (χ1v) is 11.3. The summed E-state index contributed by atoms with van der Waals surface area (Å²) < 4.78 is 19.1. The Labute approximate surface area is 183 Å². The van der Waals surface area contributed by atoms with Gasteiger partial charge in [0.15, 0.2) is 12.1 Å². The van der Waals surface area contributed by atoms with E-state index in [1.165, 1.54) is 11.1 Å². The summed E-state index contributed by atoms with van der Waals surface area (Å²) in [5, 5.41) is 2.14. The van der Waals surface area contributed by atoms with Crippen molar-refractivity contribution in [1.82, 2.24) is 9.96 Å². The van der Waals surface area contributed by atoms with Crippen LogP contribution in [0.2, 0.25) is 0 Å². The number of benzene rings is 2. The summed E-state index contributed by atoms with van der Waals surface area (Å²) in [6, 6.07) is 21.4. The van der Waals surface area contributed by atoms with Crippen molar-refractivity contribution < 1.29 is 19.0 Å². The van der Waals surface area contributed by atoms with Crippen LogP contribution >= 0.6 is 0 Å². The third-order valence-electron chi connectivity index (χ3n) is 6.86. The van der Waals surface area contributed by atoms with Crippen LogP contribution in [0, 0.1) is 0 Å².